The SMILES string of the molecule is CC(C)n1c(N(C)C2CCNCC2)nc2c(F)cc(-c3nc(N)ncc3Cl)cc21.OC1CCCOC1. The molecule has 3 aromatic rings. The number of hydrogen-bond donors (Lipinski definition) is 3. The lowest BCUT2D eigenvalue weighted by Crippen LogP contribution is -2.42. The Hall–Kier alpha value is -2.53. The van der Waals surface area contributed by atoms with Crippen LogP contribution in [0.15, 0.2) is 18.3 Å². The zero-order chi connectivity index (χ0) is 25.8. The highest BCUT2D eigenvalue weighted by Crippen LogP contribution is 2.35. The highest BCUT2D eigenvalue weighted by molar-refractivity contribution is 6.33. The van der Waals surface area contributed by atoms with E-state index in [2.05, 4.69) is 43.6 Å². The number of nitrogens with zero attached hydrogens (tertiary/aromatic N) is 5. The molecule has 36 heavy (non-hydrogen) atoms. The van der Waals surface area contributed by atoms with Crippen LogP contribution in [0.3, 0.4) is 0 Å². The van der Waals surface area contributed by atoms with Gasteiger partial charge in [-0.25, -0.2) is 19.3 Å². The minimum Gasteiger partial charge on any atom is -0.391 e. The quantitative estimate of drug-likeness (QED) is 0.477. The van der Waals surface area contributed by atoms with Gasteiger partial charge >= 0.3 is 0 Å². The highest BCUT2D eigenvalue weighted by atomic mass is 35.5. The number of hydrogen-bond acceptors (Lipinski definition) is 8. The largest absolute Gasteiger partial charge is 0.391 e. The van der Waals surface area contributed by atoms with E-state index in [0.717, 1.165) is 51.3 Å². The first-order valence-corrected chi connectivity index (χ1v) is 12.8. The van der Waals surface area contributed by atoms with Gasteiger partial charge in [0.05, 0.1) is 35.1 Å². The molecule has 2 saturated heterocycles. The molecule has 2 aromatic heterocycles. The third-order valence-corrected chi connectivity index (χ3v) is 6.87. The van der Waals surface area contributed by atoms with Gasteiger partial charge in [-0.05, 0) is 64.8 Å². The molecule has 4 heterocycles. The fraction of sp³-hybridized carbons (Fsp3) is 0.560. The number of rotatable bonds is 4. The summed E-state index contributed by atoms with van der Waals surface area (Å²) in [6.45, 7) is 7.46. The van der Waals surface area contributed by atoms with Crippen LogP contribution in [-0.2, 0) is 4.74 Å². The summed E-state index contributed by atoms with van der Waals surface area (Å²) in [7, 11) is 2.04. The number of piperidine rings is 1. The van der Waals surface area contributed by atoms with E-state index in [1.54, 1.807) is 0 Å². The van der Waals surface area contributed by atoms with Crippen molar-refractivity contribution in [3.63, 3.8) is 0 Å². The Balaban J connectivity index is 0.000000375. The van der Waals surface area contributed by atoms with Crippen molar-refractivity contribution in [1.82, 2.24) is 24.8 Å². The molecule has 11 heteroatoms. The van der Waals surface area contributed by atoms with Gasteiger partial charge in [-0.1, -0.05) is 11.6 Å². The summed E-state index contributed by atoms with van der Waals surface area (Å²) < 4.78 is 22.1. The number of aromatic nitrogens is 4. The van der Waals surface area contributed by atoms with Crippen molar-refractivity contribution >= 4 is 34.5 Å². The predicted octanol–water partition coefficient (Wildman–Crippen LogP) is 3.79. The zero-order valence-corrected chi connectivity index (χ0v) is 21.8. The third-order valence-electron chi connectivity index (χ3n) is 6.59. The summed E-state index contributed by atoms with van der Waals surface area (Å²) >= 11 is 6.25. The summed E-state index contributed by atoms with van der Waals surface area (Å²) in [6.07, 6.45) is 5.23. The molecule has 2 aliphatic heterocycles. The minimum atomic E-state index is -0.412. The van der Waals surface area contributed by atoms with Gasteiger partial charge in [0.25, 0.3) is 0 Å². The van der Waals surface area contributed by atoms with Crippen molar-refractivity contribution in [2.24, 2.45) is 0 Å². The first-order valence-electron chi connectivity index (χ1n) is 12.5. The molecular weight excluding hydrogens is 485 g/mol. The second-order valence-corrected chi connectivity index (χ2v) is 10.00. The topological polar surface area (TPSA) is 114 Å². The van der Waals surface area contributed by atoms with E-state index in [1.165, 1.54) is 12.3 Å². The lowest BCUT2D eigenvalue weighted by molar-refractivity contribution is -0.00535. The third kappa shape index (κ3) is 5.88. The Morgan fingerprint density at radius 2 is 2.00 bits per heavy atom. The molecule has 0 saturated carbocycles. The molecule has 1 atom stereocenters. The molecule has 196 valence electrons. The smallest absolute Gasteiger partial charge is 0.220 e. The molecule has 0 spiro atoms. The maximum absolute atomic E-state index is 15.1. The average Bonchev–Trinajstić information content (AvgIpc) is 3.27. The normalized spacial score (nSPS) is 18.8. The van der Waals surface area contributed by atoms with Crippen LogP contribution >= 0.6 is 11.6 Å². The summed E-state index contributed by atoms with van der Waals surface area (Å²) in [5, 5.41) is 12.5. The fourth-order valence-electron chi connectivity index (χ4n) is 4.70. The number of imidazole rings is 1. The summed E-state index contributed by atoms with van der Waals surface area (Å²) in [5.41, 5.74) is 7.72. The molecule has 2 aliphatic rings. The second kappa shape index (κ2) is 11.7. The Morgan fingerprint density at radius 3 is 2.61 bits per heavy atom. The highest BCUT2D eigenvalue weighted by Gasteiger charge is 2.26. The molecule has 9 nitrogen and oxygen atoms in total. The van der Waals surface area contributed by atoms with Crippen molar-refractivity contribution in [3.8, 4) is 11.3 Å². The summed E-state index contributed by atoms with van der Waals surface area (Å²) in [6, 6.07) is 3.74. The summed E-state index contributed by atoms with van der Waals surface area (Å²) in [4.78, 5) is 15.0. The first kappa shape index (κ1) is 26.5. The van der Waals surface area contributed by atoms with Gasteiger partial charge in [0, 0.05) is 31.3 Å². The van der Waals surface area contributed by atoms with Crippen LogP contribution < -0.4 is 16.0 Å². The van der Waals surface area contributed by atoms with Crippen LogP contribution in [0.25, 0.3) is 22.3 Å². The van der Waals surface area contributed by atoms with Crippen LogP contribution in [-0.4, -0.2) is 70.1 Å². The lowest BCUT2D eigenvalue weighted by Gasteiger charge is -2.33. The van der Waals surface area contributed by atoms with Crippen molar-refractivity contribution in [3.05, 3.63) is 29.2 Å². The minimum absolute atomic E-state index is 0.0913. The molecule has 4 N–H and O–H groups in total. The van der Waals surface area contributed by atoms with Crippen molar-refractivity contribution in [2.45, 2.75) is 57.7 Å². The van der Waals surface area contributed by atoms with Crippen LogP contribution in [0.5, 0.6) is 0 Å². The van der Waals surface area contributed by atoms with E-state index in [0.29, 0.717) is 40.0 Å². The maximum Gasteiger partial charge on any atom is 0.220 e. The van der Waals surface area contributed by atoms with Gasteiger partial charge in [0.15, 0.2) is 5.82 Å². The number of aliphatic hydroxyl groups excluding tert-OH is 1. The van der Waals surface area contributed by atoms with E-state index >= 15 is 4.39 Å². The van der Waals surface area contributed by atoms with Gasteiger partial charge in [-0.3, -0.25) is 0 Å². The van der Waals surface area contributed by atoms with Gasteiger partial charge < -0.3 is 30.4 Å². The Kier molecular flexibility index (Phi) is 8.61. The Labute approximate surface area is 215 Å². The number of aliphatic hydroxyl groups is 1. The molecule has 0 aliphatic carbocycles. The molecule has 1 aromatic carbocycles. The Morgan fingerprint density at radius 1 is 1.25 bits per heavy atom. The monoisotopic (exact) mass is 519 g/mol. The number of nitrogens with one attached hydrogen (secondary N) is 1. The van der Waals surface area contributed by atoms with E-state index in [1.807, 2.05) is 13.1 Å². The van der Waals surface area contributed by atoms with Crippen molar-refractivity contribution < 1.29 is 14.2 Å². The predicted molar refractivity (Wildman–Crippen MR) is 141 cm³/mol. The molecule has 0 amide bonds. The number of benzene rings is 1. The standard InChI is InChI=1S/C20H25ClFN7.C5H10O2/c1-11(2)29-16-9-12(17-14(21)10-25-19(23)26-17)8-15(22)18(16)27-20(29)28(3)13-4-6-24-7-5-13;6-5-2-1-3-7-4-5/h8-11,13,24H,4-7H2,1-3H3,(H2,23,25,26);5-6H,1-4H2. The number of nitrogen functional groups attached to an aromatic ring is 1. The molecule has 0 bridgehead atoms. The zero-order valence-electron chi connectivity index (χ0n) is 21.0. The van der Waals surface area contributed by atoms with Crippen LogP contribution in [0.4, 0.5) is 16.3 Å². The first-order chi connectivity index (χ1) is 17.3. The number of halogens is 2. The van der Waals surface area contributed by atoms with E-state index in [4.69, 9.17) is 27.2 Å². The molecule has 0 radical (unpaired) electrons. The van der Waals surface area contributed by atoms with Gasteiger partial charge in [-0.15, -0.1) is 0 Å². The molecule has 1 unspecified atom stereocenters. The number of ether oxygens (including phenoxy) is 1. The molecule has 5 rings (SSSR count). The van der Waals surface area contributed by atoms with Gasteiger partial charge in [-0.2, -0.15) is 0 Å². The fourth-order valence-corrected chi connectivity index (χ4v) is 4.90. The molecular formula is C25H35ClFN7O2. The Bertz CT molecular complexity index is 1180. The second-order valence-electron chi connectivity index (χ2n) is 9.59. The number of fused-ring (bicyclic) bond motifs is 1. The average molecular weight is 520 g/mol. The van der Waals surface area contributed by atoms with E-state index in [-0.39, 0.29) is 18.1 Å². The summed E-state index contributed by atoms with van der Waals surface area (Å²) in [5.74, 6) is 0.449. The van der Waals surface area contributed by atoms with Crippen LogP contribution in [0.1, 0.15) is 45.6 Å². The number of anilines is 2. The molecule has 2 fully saturated rings. The van der Waals surface area contributed by atoms with E-state index < -0.39 is 5.82 Å². The van der Waals surface area contributed by atoms with Crippen molar-refractivity contribution in [1.29, 1.82) is 0 Å². The van der Waals surface area contributed by atoms with Gasteiger partial charge in [0.1, 0.15) is 5.52 Å². The van der Waals surface area contributed by atoms with E-state index in [9.17, 15) is 0 Å². The van der Waals surface area contributed by atoms with Crippen LogP contribution in [0, 0.1) is 5.82 Å². The lowest BCUT2D eigenvalue weighted by atomic mass is 10.1. The van der Waals surface area contributed by atoms with Gasteiger partial charge in [0.2, 0.25) is 11.9 Å². The van der Waals surface area contributed by atoms with Crippen molar-refractivity contribution in [2.75, 3.05) is 44.0 Å². The number of nitrogens with two attached hydrogens (primary N) is 1. The van der Waals surface area contributed by atoms with Crippen LogP contribution in [0.2, 0.25) is 5.02 Å². The maximum atomic E-state index is 15.1.